The molecule has 0 saturated heterocycles. The number of carbonyl (C=O) groups is 4. The minimum absolute atomic E-state index is 0.0179. The van der Waals surface area contributed by atoms with Crippen LogP contribution in [0.2, 0.25) is 0 Å². The van der Waals surface area contributed by atoms with Crippen LogP contribution in [0, 0.1) is 41.5 Å². The molecule has 426 valence electrons. The standard InChI is InChI=1S/C72H70N4O8/c1-11-75-61-29-25-51(39-57(61)59-41-53(27-31-63(59)75)71(79)67-45(5)35-43(3)36-46(67)6)69(73-83-49(9)77)55-21-15-17-23-65(55)81-33-19-13-14-20-34-82-66-24-18-16-22-56(66)70(74-84-50(10)78)52-26-30-62-58(40-52)60-42-54(28-32-64(60)76(62)12-2)72(80)68-47(7)37-44(4)38-48(68)8/h15-18,21-32,35-42H,11-14,19-20,33-34H2,1-10H3. The Hall–Kier alpha value is -9.42. The molecule has 0 amide bonds. The number of ketones is 2. The first-order valence-corrected chi connectivity index (χ1v) is 28.9. The summed E-state index contributed by atoms with van der Waals surface area (Å²) in [5, 5.41) is 12.6. The topological polar surface area (TPSA) is 140 Å². The molecule has 0 unspecified atom stereocenters. The molecule has 0 aliphatic rings. The van der Waals surface area contributed by atoms with Gasteiger partial charge in [-0.15, -0.1) is 0 Å². The summed E-state index contributed by atoms with van der Waals surface area (Å²) in [5.74, 6) is 0.0594. The largest absolute Gasteiger partial charge is 0.493 e. The molecule has 12 nitrogen and oxygen atoms in total. The van der Waals surface area contributed by atoms with Gasteiger partial charge < -0.3 is 28.3 Å². The molecular weight excluding hydrogens is 1050 g/mol. The van der Waals surface area contributed by atoms with Crippen molar-refractivity contribution in [1.29, 1.82) is 0 Å². The Morgan fingerprint density at radius 2 is 0.726 bits per heavy atom. The van der Waals surface area contributed by atoms with Crippen molar-refractivity contribution in [2.45, 2.75) is 108 Å². The SMILES string of the molecule is CCn1c2ccc(C(=O)c3c(C)cc(C)cc3C)cc2c2cc(C(=NOC(C)=O)c3ccccc3OCCCCCCOc3ccccc3C(=NOC(C)=O)c3ccc4c(c3)c3cc(C(=O)c5c(C)cc(C)cc5C)ccc3n4CC)ccc21. The van der Waals surface area contributed by atoms with E-state index < -0.39 is 11.9 Å². The lowest BCUT2D eigenvalue weighted by atomic mass is 9.92. The number of carbonyl (C=O) groups excluding carboxylic acids is 4. The zero-order valence-electron chi connectivity index (χ0n) is 49.6. The first-order chi connectivity index (χ1) is 40.5. The van der Waals surface area contributed by atoms with Crippen molar-refractivity contribution >= 4 is 78.5 Å². The Bertz CT molecular complexity index is 3990. The number of rotatable bonds is 21. The second-order valence-electron chi connectivity index (χ2n) is 21.8. The van der Waals surface area contributed by atoms with Gasteiger partial charge in [0.15, 0.2) is 11.6 Å². The maximum absolute atomic E-state index is 14.1. The molecule has 0 aliphatic carbocycles. The Balaban J connectivity index is 0.829. The minimum atomic E-state index is -0.550. The van der Waals surface area contributed by atoms with Crippen molar-refractivity contribution in [3.05, 3.63) is 223 Å². The summed E-state index contributed by atoms with van der Waals surface area (Å²) < 4.78 is 17.4. The first kappa shape index (κ1) is 57.8. The summed E-state index contributed by atoms with van der Waals surface area (Å²) in [6.07, 6.45) is 3.28. The van der Waals surface area contributed by atoms with E-state index in [9.17, 15) is 19.2 Å². The number of aromatic nitrogens is 2. The fraction of sp³-hybridized carbons (Fsp3) is 0.250. The molecule has 0 radical (unpaired) electrons. The number of fused-ring (bicyclic) bond motifs is 6. The van der Waals surface area contributed by atoms with Crippen LogP contribution in [0.5, 0.6) is 11.5 Å². The van der Waals surface area contributed by atoms with Gasteiger partial charge in [-0.3, -0.25) is 9.59 Å². The summed E-state index contributed by atoms with van der Waals surface area (Å²) in [7, 11) is 0. The first-order valence-electron chi connectivity index (χ1n) is 28.9. The Morgan fingerprint density at radius 1 is 0.405 bits per heavy atom. The lowest BCUT2D eigenvalue weighted by molar-refractivity contribution is -0.141. The smallest absolute Gasteiger partial charge is 0.332 e. The van der Waals surface area contributed by atoms with Crippen LogP contribution in [0.3, 0.4) is 0 Å². The van der Waals surface area contributed by atoms with Crippen LogP contribution in [0.1, 0.15) is 141 Å². The van der Waals surface area contributed by atoms with Gasteiger partial charge in [-0.05, 0) is 188 Å². The van der Waals surface area contributed by atoms with E-state index in [2.05, 4.69) is 69.7 Å². The number of hydrogen-bond donors (Lipinski definition) is 0. The molecule has 0 spiro atoms. The van der Waals surface area contributed by atoms with E-state index in [0.717, 1.165) is 138 Å². The normalized spacial score (nSPS) is 11.9. The summed E-state index contributed by atoms with van der Waals surface area (Å²) in [4.78, 5) is 63.6. The van der Waals surface area contributed by atoms with Gasteiger partial charge in [-0.25, -0.2) is 9.59 Å². The molecule has 10 aromatic rings. The second kappa shape index (κ2) is 25.0. The predicted molar refractivity (Wildman–Crippen MR) is 336 cm³/mol. The van der Waals surface area contributed by atoms with E-state index >= 15 is 0 Å². The molecule has 84 heavy (non-hydrogen) atoms. The number of oxime groups is 2. The Labute approximate surface area is 490 Å². The summed E-state index contributed by atoms with van der Waals surface area (Å²) in [6, 6.07) is 47.5. The molecule has 10 rings (SSSR count). The summed E-state index contributed by atoms with van der Waals surface area (Å²) in [6.45, 7) is 21.2. The van der Waals surface area contributed by atoms with Crippen LogP contribution < -0.4 is 9.47 Å². The molecule has 0 bridgehead atoms. The average Bonchev–Trinajstić information content (AvgIpc) is 1.82. The van der Waals surface area contributed by atoms with E-state index in [0.29, 0.717) is 58.4 Å². The van der Waals surface area contributed by atoms with Gasteiger partial charge in [0.1, 0.15) is 22.9 Å². The van der Waals surface area contributed by atoms with E-state index in [4.69, 9.17) is 19.1 Å². The third-order valence-electron chi connectivity index (χ3n) is 15.6. The molecule has 0 saturated carbocycles. The quantitative estimate of drug-likeness (QED) is 0.0228. The molecule has 12 heteroatoms. The van der Waals surface area contributed by atoms with Gasteiger partial charge in [0.05, 0.1) is 13.2 Å². The number of nitrogens with zero attached hydrogens (tertiary/aromatic N) is 4. The van der Waals surface area contributed by atoms with Crippen LogP contribution in [-0.4, -0.2) is 57.3 Å². The zero-order chi connectivity index (χ0) is 59.3. The third kappa shape index (κ3) is 11.8. The number of ether oxygens (including phenoxy) is 2. The van der Waals surface area contributed by atoms with Crippen LogP contribution in [-0.2, 0) is 32.4 Å². The minimum Gasteiger partial charge on any atom is -0.493 e. The van der Waals surface area contributed by atoms with E-state index in [1.54, 1.807) is 0 Å². The van der Waals surface area contributed by atoms with E-state index in [1.807, 2.05) is 151 Å². The predicted octanol–water partition coefficient (Wildman–Crippen LogP) is 15.9. The highest BCUT2D eigenvalue weighted by atomic mass is 16.7. The lowest BCUT2D eigenvalue weighted by Crippen LogP contribution is -2.10. The van der Waals surface area contributed by atoms with Gasteiger partial charge in [-0.1, -0.05) is 82.1 Å². The molecular formula is C72H70N4O8. The number of hydrogen-bond acceptors (Lipinski definition) is 10. The highest BCUT2D eigenvalue weighted by Gasteiger charge is 2.23. The molecule has 2 heterocycles. The van der Waals surface area contributed by atoms with Crippen molar-refractivity contribution in [2.24, 2.45) is 10.3 Å². The maximum Gasteiger partial charge on any atom is 0.332 e. The van der Waals surface area contributed by atoms with Gasteiger partial charge in [0, 0.05) is 115 Å². The van der Waals surface area contributed by atoms with Crippen molar-refractivity contribution in [3.63, 3.8) is 0 Å². The van der Waals surface area contributed by atoms with Crippen molar-refractivity contribution in [2.75, 3.05) is 13.2 Å². The molecule has 0 fully saturated rings. The Kier molecular flexibility index (Phi) is 17.2. The molecule has 0 aliphatic heterocycles. The number of unbranched alkanes of at least 4 members (excludes halogenated alkanes) is 3. The van der Waals surface area contributed by atoms with Gasteiger partial charge >= 0.3 is 11.9 Å². The maximum atomic E-state index is 14.1. The van der Waals surface area contributed by atoms with Gasteiger partial charge in [-0.2, -0.15) is 0 Å². The molecule has 2 aromatic heterocycles. The monoisotopic (exact) mass is 1120 g/mol. The molecule has 0 atom stereocenters. The molecule has 8 aromatic carbocycles. The van der Waals surface area contributed by atoms with Crippen LogP contribution in [0.25, 0.3) is 43.6 Å². The number of para-hydroxylation sites is 2. The lowest BCUT2D eigenvalue weighted by Gasteiger charge is -2.14. The van der Waals surface area contributed by atoms with Crippen molar-refractivity contribution in [3.8, 4) is 11.5 Å². The third-order valence-corrected chi connectivity index (χ3v) is 15.6. The van der Waals surface area contributed by atoms with Crippen LogP contribution >= 0.6 is 0 Å². The summed E-state index contributed by atoms with van der Waals surface area (Å²) in [5.41, 5.74) is 16.4. The van der Waals surface area contributed by atoms with Crippen LogP contribution in [0.15, 0.2) is 156 Å². The van der Waals surface area contributed by atoms with Crippen molar-refractivity contribution in [1.82, 2.24) is 9.13 Å². The van der Waals surface area contributed by atoms with Crippen LogP contribution in [0.4, 0.5) is 0 Å². The van der Waals surface area contributed by atoms with Gasteiger partial charge in [0.25, 0.3) is 0 Å². The average molecular weight is 1120 g/mol. The fourth-order valence-electron chi connectivity index (χ4n) is 12.1. The fourth-order valence-corrected chi connectivity index (χ4v) is 12.1. The van der Waals surface area contributed by atoms with E-state index in [-0.39, 0.29) is 11.6 Å². The summed E-state index contributed by atoms with van der Waals surface area (Å²) >= 11 is 0. The van der Waals surface area contributed by atoms with E-state index in [1.165, 1.54) is 13.8 Å². The zero-order valence-corrected chi connectivity index (χ0v) is 49.6. The number of benzene rings is 8. The number of aryl methyl sites for hydroxylation is 8. The van der Waals surface area contributed by atoms with Gasteiger partial charge in [0.2, 0.25) is 0 Å². The Morgan fingerprint density at radius 3 is 1.06 bits per heavy atom. The highest BCUT2D eigenvalue weighted by molar-refractivity contribution is 6.21. The van der Waals surface area contributed by atoms with Crippen molar-refractivity contribution < 1.29 is 38.3 Å². The highest BCUT2D eigenvalue weighted by Crippen LogP contribution is 2.36. The second-order valence-corrected chi connectivity index (χ2v) is 21.8. The molecule has 0 N–H and O–H groups in total.